The number of anilines is 1. The zero-order valence-corrected chi connectivity index (χ0v) is 11.4. The van der Waals surface area contributed by atoms with Crippen LogP contribution in [0.3, 0.4) is 0 Å². The largest absolute Gasteiger partial charge is 0.370 e. The van der Waals surface area contributed by atoms with Gasteiger partial charge in [0.25, 0.3) is 5.91 Å². The van der Waals surface area contributed by atoms with Gasteiger partial charge >= 0.3 is 0 Å². The van der Waals surface area contributed by atoms with Crippen LogP contribution < -0.4 is 16.4 Å². The van der Waals surface area contributed by atoms with Gasteiger partial charge in [0.15, 0.2) is 0 Å². The van der Waals surface area contributed by atoms with Crippen molar-refractivity contribution in [3.8, 4) is 0 Å². The number of primary amides is 1. The van der Waals surface area contributed by atoms with Crippen molar-refractivity contribution in [2.45, 2.75) is 32.7 Å². The van der Waals surface area contributed by atoms with Crippen LogP contribution in [0.5, 0.6) is 0 Å². The van der Waals surface area contributed by atoms with Gasteiger partial charge in [0.1, 0.15) is 0 Å². The second-order valence-electron chi connectivity index (χ2n) is 4.42. The number of carbonyl (C=O) groups excluding carboxylic acids is 2. The van der Waals surface area contributed by atoms with E-state index in [0.717, 1.165) is 11.3 Å². The molecule has 0 unspecified atom stereocenters. The van der Waals surface area contributed by atoms with Crippen LogP contribution in [0.25, 0.3) is 0 Å². The van der Waals surface area contributed by atoms with Crippen LogP contribution in [0, 0.1) is 0 Å². The molecule has 8 heteroatoms. The molecule has 0 aliphatic rings. The molecule has 1 aromatic rings. The van der Waals surface area contributed by atoms with Crippen LogP contribution in [-0.4, -0.2) is 34.1 Å². The van der Waals surface area contributed by atoms with E-state index in [1.54, 1.807) is 13.8 Å². The lowest BCUT2D eigenvalue weighted by atomic mass is 10.0. The molecule has 0 aliphatic heterocycles. The number of hydrogen-bond acceptors (Lipinski definition) is 6. The average molecular weight is 271 g/mol. The Bertz CT molecular complexity index is 443. The summed E-state index contributed by atoms with van der Waals surface area (Å²) < 4.78 is 0. The summed E-state index contributed by atoms with van der Waals surface area (Å²) in [6.45, 7) is 6.09. The molecule has 0 aliphatic carbocycles. The molecule has 0 aromatic carbocycles. The first-order valence-electron chi connectivity index (χ1n) is 5.52. The third-order valence-electron chi connectivity index (χ3n) is 2.02. The van der Waals surface area contributed by atoms with E-state index in [-0.39, 0.29) is 17.3 Å². The Balaban J connectivity index is 2.66. The van der Waals surface area contributed by atoms with Gasteiger partial charge < -0.3 is 16.4 Å². The first-order valence-corrected chi connectivity index (χ1v) is 6.34. The molecule has 0 atom stereocenters. The van der Waals surface area contributed by atoms with Crippen molar-refractivity contribution in [1.29, 1.82) is 0 Å². The molecule has 1 aromatic heterocycles. The molecule has 1 heterocycles. The van der Waals surface area contributed by atoms with E-state index in [1.165, 1.54) is 0 Å². The van der Waals surface area contributed by atoms with Crippen LogP contribution in [0.15, 0.2) is 0 Å². The lowest BCUT2D eigenvalue weighted by Crippen LogP contribution is -2.46. The Hall–Kier alpha value is -1.70. The molecule has 1 rings (SSSR count). The van der Waals surface area contributed by atoms with Crippen LogP contribution >= 0.6 is 11.3 Å². The van der Waals surface area contributed by atoms with Crippen LogP contribution in [0.2, 0.25) is 0 Å². The summed E-state index contributed by atoms with van der Waals surface area (Å²) in [6, 6.07) is 0. The number of nitrogens with zero attached hydrogens (tertiary/aromatic N) is 2. The first kappa shape index (κ1) is 14.4. The smallest absolute Gasteiger partial charge is 0.282 e. The highest BCUT2D eigenvalue weighted by molar-refractivity contribution is 7.17. The Morgan fingerprint density at radius 3 is 2.61 bits per heavy atom. The molecule has 0 bridgehead atoms. The fraction of sp³-hybridized carbons (Fsp3) is 0.600. The van der Waals surface area contributed by atoms with E-state index < -0.39 is 11.4 Å². The first-order chi connectivity index (χ1) is 8.34. The normalized spacial score (nSPS) is 11.1. The molecule has 100 valence electrons. The molecule has 2 amide bonds. The third-order valence-corrected chi connectivity index (χ3v) is 2.90. The van der Waals surface area contributed by atoms with E-state index in [0.29, 0.717) is 11.7 Å². The molecular weight excluding hydrogens is 254 g/mol. The van der Waals surface area contributed by atoms with E-state index in [1.807, 2.05) is 6.92 Å². The summed E-state index contributed by atoms with van der Waals surface area (Å²) in [4.78, 5) is 22.7. The maximum Gasteiger partial charge on any atom is 0.282 e. The Morgan fingerprint density at radius 2 is 2.06 bits per heavy atom. The summed E-state index contributed by atoms with van der Waals surface area (Å²) in [5.74, 6) is -0.825. The van der Waals surface area contributed by atoms with Gasteiger partial charge in [-0.3, -0.25) is 9.59 Å². The molecule has 0 saturated carbocycles. The summed E-state index contributed by atoms with van der Waals surface area (Å²) in [5.41, 5.74) is 4.41. The predicted molar refractivity (Wildman–Crippen MR) is 69.4 cm³/mol. The van der Waals surface area contributed by atoms with Gasteiger partial charge in [-0.1, -0.05) is 11.3 Å². The topological polar surface area (TPSA) is 110 Å². The second-order valence-corrected chi connectivity index (χ2v) is 5.40. The maximum atomic E-state index is 11.9. The zero-order chi connectivity index (χ0) is 13.8. The molecule has 7 nitrogen and oxygen atoms in total. The highest BCUT2D eigenvalue weighted by Gasteiger charge is 2.25. The van der Waals surface area contributed by atoms with Gasteiger partial charge in [0.05, 0.1) is 0 Å². The Morgan fingerprint density at radius 1 is 1.39 bits per heavy atom. The van der Waals surface area contributed by atoms with Gasteiger partial charge in [-0.05, 0) is 20.8 Å². The molecule has 18 heavy (non-hydrogen) atoms. The standard InChI is InChI=1S/C10H17N5O2S/c1-4-12-9-15-14-8(18-9)7(17)13-10(2,3)5-6(11)16/h4-5H2,1-3H3,(H2,11,16)(H,12,15)(H,13,17). The number of nitrogens with one attached hydrogen (secondary N) is 2. The summed E-state index contributed by atoms with van der Waals surface area (Å²) >= 11 is 1.16. The van der Waals surface area contributed by atoms with Crippen LogP contribution in [0.4, 0.5) is 5.13 Å². The Labute approximate surface area is 109 Å². The molecular formula is C10H17N5O2S. The lowest BCUT2D eigenvalue weighted by molar-refractivity contribution is -0.119. The monoisotopic (exact) mass is 271 g/mol. The lowest BCUT2D eigenvalue weighted by Gasteiger charge is -2.23. The third kappa shape index (κ3) is 4.28. The molecule has 0 radical (unpaired) electrons. The van der Waals surface area contributed by atoms with E-state index in [9.17, 15) is 9.59 Å². The van der Waals surface area contributed by atoms with Gasteiger partial charge in [-0.25, -0.2) is 0 Å². The molecule has 0 fully saturated rings. The van der Waals surface area contributed by atoms with Crippen LogP contribution in [0.1, 0.15) is 37.0 Å². The van der Waals surface area contributed by atoms with E-state index in [2.05, 4.69) is 20.8 Å². The molecule has 0 spiro atoms. The Kier molecular flexibility index (Phi) is 4.60. The minimum atomic E-state index is -0.701. The van der Waals surface area contributed by atoms with Gasteiger partial charge in [0.2, 0.25) is 16.0 Å². The van der Waals surface area contributed by atoms with Crippen molar-refractivity contribution in [2.24, 2.45) is 5.73 Å². The van der Waals surface area contributed by atoms with Gasteiger partial charge in [-0.15, -0.1) is 10.2 Å². The van der Waals surface area contributed by atoms with Crippen molar-refractivity contribution >= 4 is 28.3 Å². The number of carbonyl (C=O) groups is 2. The van der Waals surface area contributed by atoms with Crippen molar-refractivity contribution in [3.05, 3.63) is 5.01 Å². The SMILES string of the molecule is CCNc1nnc(C(=O)NC(C)(C)CC(N)=O)s1. The van der Waals surface area contributed by atoms with Gasteiger partial charge in [-0.2, -0.15) is 0 Å². The van der Waals surface area contributed by atoms with Crippen molar-refractivity contribution in [1.82, 2.24) is 15.5 Å². The van der Waals surface area contributed by atoms with Crippen molar-refractivity contribution in [3.63, 3.8) is 0 Å². The van der Waals surface area contributed by atoms with Crippen molar-refractivity contribution < 1.29 is 9.59 Å². The quantitative estimate of drug-likeness (QED) is 0.691. The highest BCUT2D eigenvalue weighted by Crippen LogP contribution is 2.16. The minimum Gasteiger partial charge on any atom is -0.370 e. The van der Waals surface area contributed by atoms with Crippen LogP contribution in [-0.2, 0) is 4.79 Å². The van der Waals surface area contributed by atoms with Gasteiger partial charge in [0, 0.05) is 18.5 Å². The predicted octanol–water partition coefficient (Wildman–Crippen LogP) is 0.354. The highest BCUT2D eigenvalue weighted by atomic mass is 32.1. The minimum absolute atomic E-state index is 0.0671. The second kappa shape index (κ2) is 5.76. The van der Waals surface area contributed by atoms with E-state index >= 15 is 0 Å². The fourth-order valence-electron chi connectivity index (χ4n) is 1.38. The number of rotatable bonds is 6. The number of hydrogen-bond donors (Lipinski definition) is 3. The van der Waals surface area contributed by atoms with Crippen molar-refractivity contribution in [2.75, 3.05) is 11.9 Å². The summed E-state index contributed by atoms with van der Waals surface area (Å²) in [7, 11) is 0. The maximum absolute atomic E-state index is 11.9. The summed E-state index contributed by atoms with van der Waals surface area (Å²) in [5, 5.41) is 14.1. The average Bonchev–Trinajstić information content (AvgIpc) is 2.63. The summed E-state index contributed by atoms with van der Waals surface area (Å²) in [6.07, 6.45) is 0.0671. The molecule has 0 saturated heterocycles. The number of nitrogens with two attached hydrogens (primary N) is 1. The van der Waals surface area contributed by atoms with E-state index in [4.69, 9.17) is 5.73 Å². The zero-order valence-electron chi connectivity index (χ0n) is 10.6. The molecule has 4 N–H and O–H groups in total. The number of aromatic nitrogens is 2. The number of amides is 2. The fourth-order valence-corrected chi connectivity index (χ4v) is 2.08.